The Morgan fingerprint density at radius 3 is 2.41 bits per heavy atom. The third-order valence-electron chi connectivity index (χ3n) is 3.72. The third-order valence-corrected chi connectivity index (χ3v) is 3.72. The van der Waals surface area contributed by atoms with E-state index in [1.54, 1.807) is 62.5 Å². The second-order valence-electron chi connectivity index (χ2n) is 5.94. The average molecular weight is 400 g/mol. The normalized spacial score (nSPS) is 10.1. The van der Waals surface area contributed by atoms with Crippen LogP contribution in [0, 0.1) is 0 Å². The summed E-state index contributed by atoms with van der Waals surface area (Å²) in [5.41, 5.74) is 1.16. The third kappa shape index (κ3) is 7.27. The van der Waals surface area contributed by atoms with E-state index in [2.05, 4.69) is 10.6 Å². The number of hydrogen-bond donors (Lipinski definition) is 2. The molecule has 2 rings (SSSR count). The number of hydrogen-bond acceptors (Lipinski definition) is 7. The molecule has 0 heterocycles. The van der Waals surface area contributed by atoms with Crippen molar-refractivity contribution in [2.75, 3.05) is 26.7 Å². The van der Waals surface area contributed by atoms with Gasteiger partial charge in [-0.2, -0.15) is 0 Å². The Morgan fingerprint density at radius 2 is 1.72 bits per heavy atom. The van der Waals surface area contributed by atoms with E-state index in [0.717, 1.165) is 5.56 Å². The lowest BCUT2D eigenvalue weighted by Crippen LogP contribution is -2.26. The van der Waals surface area contributed by atoms with Gasteiger partial charge in [0, 0.05) is 6.54 Å². The largest absolute Gasteiger partial charge is 0.450 e. The second kappa shape index (κ2) is 11.5. The van der Waals surface area contributed by atoms with E-state index in [4.69, 9.17) is 14.2 Å². The van der Waals surface area contributed by atoms with E-state index in [0.29, 0.717) is 25.1 Å². The minimum atomic E-state index is -0.562. The first-order chi connectivity index (χ1) is 14.0. The van der Waals surface area contributed by atoms with Gasteiger partial charge in [0.2, 0.25) is 0 Å². The van der Waals surface area contributed by atoms with Crippen molar-refractivity contribution in [2.24, 2.45) is 0 Å². The summed E-state index contributed by atoms with van der Waals surface area (Å²) >= 11 is 0. The fraction of sp³-hybridized carbons (Fsp3) is 0.286. The van der Waals surface area contributed by atoms with Crippen molar-refractivity contribution in [3.63, 3.8) is 0 Å². The van der Waals surface area contributed by atoms with E-state index in [1.165, 1.54) is 0 Å². The molecule has 0 spiro atoms. The molecule has 0 aliphatic heterocycles. The molecule has 8 nitrogen and oxygen atoms in total. The molecule has 0 aromatic heterocycles. The minimum absolute atomic E-state index is 0.000708. The number of carbonyl (C=O) groups excluding carboxylic acids is 3. The van der Waals surface area contributed by atoms with Crippen molar-refractivity contribution in [1.29, 1.82) is 0 Å². The van der Waals surface area contributed by atoms with Crippen LogP contribution in [-0.4, -0.2) is 44.8 Å². The highest BCUT2D eigenvalue weighted by molar-refractivity contribution is 5.91. The first-order valence-corrected chi connectivity index (χ1v) is 9.19. The Bertz CT molecular complexity index is 838. The fourth-order valence-electron chi connectivity index (χ4n) is 2.40. The van der Waals surface area contributed by atoms with Gasteiger partial charge < -0.3 is 24.8 Å². The number of benzene rings is 2. The maximum atomic E-state index is 12.3. The number of nitrogens with one attached hydrogen (secondary N) is 2. The van der Waals surface area contributed by atoms with Crippen LogP contribution < -0.4 is 20.1 Å². The van der Waals surface area contributed by atoms with Gasteiger partial charge in [-0.05, 0) is 50.2 Å². The van der Waals surface area contributed by atoms with Crippen LogP contribution in [0.15, 0.2) is 48.5 Å². The number of amides is 1. The Hall–Kier alpha value is -3.39. The standard InChI is InChI=1S/C21H24N2O6/c1-3-27-21(26)23-12-11-15-9-10-17(18(13-15)28-19(24)14-22-2)29-20(25)16-7-5-4-6-8-16/h4-10,13,22H,3,11-12,14H2,1-2H3,(H,23,26). The maximum absolute atomic E-state index is 12.3. The van der Waals surface area contributed by atoms with E-state index >= 15 is 0 Å². The molecule has 0 unspecified atom stereocenters. The Kier molecular flexibility index (Phi) is 8.65. The molecule has 0 saturated carbocycles. The Labute approximate surface area is 169 Å². The van der Waals surface area contributed by atoms with Gasteiger partial charge in [0.1, 0.15) is 0 Å². The molecule has 0 atom stereocenters. The van der Waals surface area contributed by atoms with Crippen molar-refractivity contribution in [3.8, 4) is 11.5 Å². The van der Waals surface area contributed by atoms with Crippen LogP contribution in [0.4, 0.5) is 4.79 Å². The molecule has 0 bridgehead atoms. The van der Waals surface area contributed by atoms with Gasteiger partial charge in [0.15, 0.2) is 11.5 Å². The summed E-state index contributed by atoms with van der Waals surface area (Å²) < 4.78 is 15.6. The van der Waals surface area contributed by atoms with Crippen molar-refractivity contribution in [1.82, 2.24) is 10.6 Å². The maximum Gasteiger partial charge on any atom is 0.407 e. The van der Waals surface area contributed by atoms with Crippen LogP contribution in [0.3, 0.4) is 0 Å². The predicted octanol–water partition coefficient (Wildman–Crippen LogP) is 2.32. The van der Waals surface area contributed by atoms with Crippen LogP contribution in [-0.2, 0) is 16.0 Å². The van der Waals surface area contributed by atoms with Gasteiger partial charge in [-0.15, -0.1) is 0 Å². The molecule has 0 radical (unpaired) electrons. The lowest BCUT2D eigenvalue weighted by Gasteiger charge is -2.13. The van der Waals surface area contributed by atoms with Crippen LogP contribution in [0.25, 0.3) is 0 Å². The molecule has 0 aliphatic carbocycles. The second-order valence-corrected chi connectivity index (χ2v) is 5.94. The summed E-state index contributed by atoms with van der Waals surface area (Å²) in [5, 5.41) is 5.32. The molecule has 154 valence electrons. The lowest BCUT2D eigenvalue weighted by atomic mass is 10.1. The quantitative estimate of drug-likeness (QED) is 0.492. The molecule has 2 aromatic carbocycles. The summed E-state index contributed by atoms with van der Waals surface area (Å²) in [6.45, 7) is 2.35. The molecule has 0 aliphatic rings. The Balaban J connectivity index is 2.13. The van der Waals surface area contributed by atoms with Crippen molar-refractivity contribution in [3.05, 3.63) is 59.7 Å². The predicted molar refractivity (Wildman–Crippen MR) is 106 cm³/mol. The summed E-state index contributed by atoms with van der Waals surface area (Å²) in [6, 6.07) is 13.4. The van der Waals surface area contributed by atoms with E-state index < -0.39 is 18.0 Å². The van der Waals surface area contributed by atoms with E-state index in [9.17, 15) is 14.4 Å². The Morgan fingerprint density at radius 1 is 0.966 bits per heavy atom. The van der Waals surface area contributed by atoms with Crippen molar-refractivity contribution >= 4 is 18.0 Å². The number of esters is 2. The molecule has 29 heavy (non-hydrogen) atoms. The van der Waals surface area contributed by atoms with Crippen LogP contribution in [0.2, 0.25) is 0 Å². The highest BCUT2D eigenvalue weighted by atomic mass is 16.6. The molecule has 1 amide bonds. The van der Waals surface area contributed by atoms with Gasteiger partial charge in [-0.1, -0.05) is 24.3 Å². The molecule has 2 N–H and O–H groups in total. The van der Waals surface area contributed by atoms with Crippen LogP contribution in [0.1, 0.15) is 22.8 Å². The monoisotopic (exact) mass is 400 g/mol. The van der Waals surface area contributed by atoms with E-state index in [1.807, 2.05) is 0 Å². The number of likely N-dealkylation sites (N-methyl/N-ethyl adjacent to an activating group) is 1. The highest BCUT2D eigenvalue weighted by Crippen LogP contribution is 2.29. The van der Waals surface area contributed by atoms with E-state index in [-0.39, 0.29) is 18.0 Å². The number of rotatable bonds is 9. The zero-order chi connectivity index (χ0) is 21.1. The van der Waals surface area contributed by atoms with Gasteiger partial charge in [-0.3, -0.25) is 4.79 Å². The summed E-state index contributed by atoms with van der Waals surface area (Å²) in [4.78, 5) is 35.6. The summed E-state index contributed by atoms with van der Waals surface area (Å²) in [6.07, 6.45) is -0.0240. The van der Waals surface area contributed by atoms with Crippen molar-refractivity contribution in [2.45, 2.75) is 13.3 Å². The summed E-state index contributed by atoms with van der Waals surface area (Å²) in [7, 11) is 1.62. The first kappa shape index (κ1) is 21.9. The molecule has 2 aromatic rings. The fourth-order valence-corrected chi connectivity index (χ4v) is 2.40. The first-order valence-electron chi connectivity index (χ1n) is 9.19. The zero-order valence-electron chi connectivity index (χ0n) is 16.4. The topological polar surface area (TPSA) is 103 Å². The van der Waals surface area contributed by atoms with Gasteiger partial charge in [0.25, 0.3) is 0 Å². The molecule has 0 fully saturated rings. The van der Waals surface area contributed by atoms with Gasteiger partial charge in [0.05, 0.1) is 18.7 Å². The summed E-state index contributed by atoms with van der Waals surface area (Å²) in [5.74, 6) is -0.826. The molecule has 8 heteroatoms. The highest BCUT2D eigenvalue weighted by Gasteiger charge is 2.16. The average Bonchev–Trinajstić information content (AvgIpc) is 2.71. The van der Waals surface area contributed by atoms with Crippen molar-refractivity contribution < 1.29 is 28.6 Å². The molecular weight excluding hydrogens is 376 g/mol. The lowest BCUT2D eigenvalue weighted by molar-refractivity contribution is -0.133. The van der Waals surface area contributed by atoms with Gasteiger partial charge >= 0.3 is 18.0 Å². The number of carbonyl (C=O) groups is 3. The SMILES string of the molecule is CCOC(=O)NCCc1ccc(OC(=O)c2ccccc2)c(OC(=O)CNC)c1. The number of ether oxygens (including phenoxy) is 3. The smallest absolute Gasteiger partial charge is 0.407 e. The van der Waals surface area contributed by atoms with Gasteiger partial charge in [-0.25, -0.2) is 9.59 Å². The minimum Gasteiger partial charge on any atom is -0.450 e. The molecular formula is C21H24N2O6. The zero-order valence-corrected chi connectivity index (χ0v) is 16.4. The number of alkyl carbamates (subject to hydrolysis) is 1. The van der Waals surface area contributed by atoms with Crippen LogP contribution >= 0.6 is 0 Å². The molecule has 0 saturated heterocycles. The van der Waals surface area contributed by atoms with Crippen LogP contribution in [0.5, 0.6) is 11.5 Å².